The van der Waals surface area contributed by atoms with E-state index in [0.29, 0.717) is 11.4 Å². The highest BCUT2D eigenvalue weighted by Gasteiger charge is 2.38. The largest absolute Gasteiger partial charge is 0.482 e. The summed E-state index contributed by atoms with van der Waals surface area (Å²) < 4.78 is 10.6. The van der Waals surface area contributed by atoms with E-state index in [1.807, 2.05) is 0 Å². The number of benzene rings is 1. The van der Waals surface area contributed by atoms with E-state index in [1.54, 1.807) is 18.2 Å². The van der Waals surface area contributed by atoms with Crippen LogP contribution in [0.25, 0.3) is 0 Å². The van der Waals surface area contributed by atoms with Crippen molar-refractivity contribution in [1.82, 2.24) is 0 Å². The van der Waals surface area contributed by atoms with E-state index in [4.69, 9.17) is 4.74 Å². The predicted octanol–water partition coefficient (Wildman–Crippen LogP) is 1.10. The summed E-state index contributed by atoms with van der Waals surface area (Å²) in [4.78, 5) is 24.8. The molecule has 108 valence electrons. The van der Waals surface area contributed by atoms with Gasteiger partial charge in [0.15, 0.2) is 12.2 Å². The highest BCUT2D eigenvalue weighted by atomic mass is 79.9. The fraction of sp³-hybridized carbons (Fsp3) is 0.385. The topological polar surface area (TPSA) is 76.1 Å². The van der Waals surface area contributed by atoms with Gasteiger partial charge in [-0.25, -0.2) is 4.79 Å². The van der Waals surface area contributed by atoms with E-state index >= 15 is 0 Å². The number of hydrogen-bond donors (Lipinski definition) is 1. The lowest BCUT2D eigenvalue weighted by Gasteiger charge is -2.33. The number of anilines is 1. The molecular formula is C13H14BrNO5. The standard InChI is InChI=1S/C13H14BrNO5/c1-13(18,12(17)19-2)7-15-9-5-8(14)3-4-10(9)20-6-11(15)16/h3-5,18H,6-7H2,1-2H3. The van der Waals surface area contributed by atoms with Crippen LogP contribution < -0.4 is 9.64 Å². The first kappa shape index (κ1) is 14.8. The second-order valence-corrected chi connectivity index (χ2v) is 5.56. The maximum Gasteiger partial charge on any atom is 0.339 e. The van der Waals surface area contributed by atoms with Crippen molar-refractivity contribution in [3.8, 4) is 5.75 Å². The number of rotatable bonds is 3. The highest BCUT2D eigenvalue weighted by Crippen LogP contribution is 2.35. The monoisotopic (exact) mass is 343 g/mol. The molecule has 0 saturated carbocycles. The number of nitrogens with zero attached hydrogens (tertiary/aromatic N) is 1. The molecule has 1 aromatic rings. The van der Waals surface area contributed by atoms with Gasteiger partial charge >= 0.3 is 5.97 Å². The molecule has 0 fully saturated rings. The third-order valence-corrected chi connectivity index (χ3v) is 3.45. The normalized spacial score (nSPS) is 17.0. The fourth-order valence-corrected chi connectivity index (χ4v) is 2.29. The van der Waals surface area contributed by atoms with Crippen molar-refractivity contribution in [3.63, 3.8) is 0 Å². The minimum absolute atomic E-state index is 0.133. The Morgan fingerprint density at radius 2 is 2.30 bits per heavy atom. The molecule has 7 heteroatoms. The van der Waals surface area contributed by atoms with E-state index in [0.717, 1.165) is 4.47 Å². The van der Waals surface area contributed by atoms with E-state index in [1.165, 1.54) is 18.9 Å². The van der Waals surface area contributed by atoms with Crippen LogP contribution in [0.2, 0.25) is 0 Å². The van der Waals surface area contributed by atoms with Gasteiger partial charge in [0.2, 0.25) is 0 Å². The number of methoxy groups -OCH3 is 1. The third-order valence-electron chi connectivity index (χ3n) is 2.96. The van der Waals surface area contributed by atoms with E-state index in [-0.39, 0.29) is 19.1 Å². The van der Waals surface area contributed by atoms with Gasteiger partial charge in [0.1, 0.15) is 5.75 Å². The summed E-state index contributed by atoms with van der Waals surface area (Å²) in [6.45, 7) is 0.969. The number of ether oxygens (including phenoxy) is 2. The molecule has 1 N–H and O–H groups in total. The molecule has 0 saturated heterocycles. The maximum absolute atomic E-state index is 12.0. The van der Waals surface area contributed by atoms with Gasteiger partial charge in [-0.05, 0) is 25.1 Å². The Hall–Kier alpha value is -1.60. The Morgan fingerprint density at radius 3 is 2.95 bits per heavy atom. The molecule has 0 aromatic heterocycles. The average Bonchev–Trinajstić information content (AvgIpc) is 2.41. The Labute approximate surface area is 124 Å². The molecule has 1 atom stereocenters. The minimum atomic E-state index is -1.79. The summed E-state index contributed by atoms with van der Waals surface area (Å²) in [5, 5.41) is 10.1. The van der Waals surface area contributed by atoms with Crippen molar-refractivity contribution in [2.45, 2.75) is 12.5 Å². The minimum Gasteiger partial charge on any atom is -0.482 e. The van der Waals surface area contributed by atoms with Gasteiger partial charge in [-0.15, -0.1) is 0 Å². The van der Waals surface area contributed by atoms with Gasteiger partial charge in [0.25, 0.3) is 5.91 Å². The van der Waals surface area contributed by atoms with Gasteiger partial charge in [-0.3, -0.25) is 4.79 Å². The van der Waals surface area contributed by atoms with Gasteiger partial charge in [0, 0.05) is 4.47 Å². The Bertz CT molecular complexity index is 558. The molecule has 0 spiro atoms. The number of hydrogen-bond acceptors (Lipinski definition) is 5. The zero-order chi connectivity index (χ0) is 14.9. The van der Waals surface area contributed by atoms with Crippen LogP contribution in [0.5, 0.6) is 5.75 Å². The SMILES string of the molecule is COC(=O)C(C)(O)CN1C(=O)COc2ccc(Br)cc21. The molecule has 0 radical (unpaired) electrons. The van der Waals surface area contributed by atoms with Crippen LogP contribution in [0.4, 0.5) is 5.69 Å². The van der Waals surface area contributed by atoms with Crippen molar-refractivity contribution in [2.24, 2.45) is 0 Å². The average molecular weight is 344 g/mol. The first-order chi connectivity index (χ1) is 9.35. The van der Waals surface area contributed by atoms with E-state index in [9.17, 15) is 14.7 Å². The fourth-order valence-electron chi connectivity index (χ4n) is 1.94. The van der Waals surface area contributed by atoms with Crippen LogP contribution in [0, 0.1) is 0 Å². The Morgan fingerprint density at radius 1 is 1.60 bits per heavy atom. The molecule has 6 nitrogen and oxygen atoms in total. The van der Waals surface area contributed by atoms with Crippen molar-refractivity contribution in [3.05, 3.63) is 22.7 Å². The first-order valence-corrected chi connectivity index (χ1v) is 6.68. The summed E-state index contributed by atoms with van der Waals surface area (Å²) in [7, 11) is 1.18. The van der Waals surface area contributed by atoms with Gasteiger partial charge in [0.05, 0.1) is 19.3 Å². The van der Waals surface area contributed by atoms with Crippen LogP contribution in [0.15, 0.2) is 22.7 Å². The molecule has 1 heterocycles. The predicted molar refractivity (Wildman–Crippen MR) is 74.6 cm³/mol. The molecule has 2 rings (SSSR count). The number of carbonyl (C=O) groups is 2. The van der Waals surface area contributed by atoms with Gasteiger partial charge in [-0.1, -0.05) is 15.9 Å². The zero-order valence-electron chi connectivity index (χ0n) is 11.1. The van der Waals surface area contributed by atoms with Crippen molar-refractivity contribution in [2.75, 3.05) is 25.2 Å². The first-order valence-electron chi connectivity index (χ1n) is 5.88. The lowest BCUT2D eigenvalue weighted by molar-refractivity contribution is -0.159. The Kier molecular flexibility index (Phi) is 4.01. The molecule has 0 bridgehead atoms. The summed E-state index contributed by atoms with van der Waals surface area (Å²) in [6.07, 6.45) is 0. The smallest absolute Gasteiger partial charge is 0.339 e. The summed E-state index contributed by atoms with van der Waals surface area (Å²) in [6, 6.07) is 5.19. The van der Waals surface area contributed by atoms with Crippen LogP contribution >= 0.6 is 15.9 Å². The Balaban J connectivity index is 2.35. The quantitative estimate of drug-likeness (QED) is 0.831. The van der Waals surface area contributed by atoms with Crippen LogP contribution in [-0.4, -0.2) is 42.8 Å². The lowest BCUT2D eigenvalue weighted by Crippen LogP contribution is -2.51. The van der Waals surface area contributed by atoms with Gasteiger partial charge < -0.3 is 19.5 Å². The molecule has 20 heavy (non-hydrogen) atoms. The molecule has 1 amide bonds. The van der Waals surface area contributed by atoms with Crippen LogP contribution in [0.3, 0.4) is 0 Å². The highest BCUT2D eigenvalue weighted by molar-refractivity contribution is 9.10. The molecule has 1 unspecified atom stereocenters. The maximum atomic E-state index is 12.0. The van der Waals surface area contributed by atoms with Crippen LogP contribution in [0.1, 0.15) is 6.92 Å². The molecular weight excluding hydrogens is 330 g/mol. The number of carbonyl (C=O) groups excluding carboxylic acids is 2. The second-order valence-electron chi connectivity index (χ2n) is 4.65. The molecule has 1 aromatic carbocycles. The molecule has 1 aliphatic rings. The number of β-amino-alcohol motifs (C(OH)–C–C–N with tert-alkyl or cyclic N) is 1. The van der Waals surface area contributed by atoms with Crippen molar-refractivity contribution in [1.29, 1.82) is 0 Å². The summed E-state index contributed by atoms with van der Waals surface area (Å²) in [5.41, 5.74) is -1.29. The number of fused-ring (bicyclic) bond motifs is 1. The van der Waals surface area contributed by atoms with Crippen LogP contribution in [-0.2, 0) is 14.3 Å². The number of aliphatic hydroxyl groups is 1. The summed E-state index contributed by atoms with van der Waals surface area (Å²) in [5.74, 6) is -0.610. The van der Waals surface area contributed by atoms with Gasteiger partial charge in [-0.2, -0.15) is 0 Å². The number of amides is 1. The summed E-state index contributed by atoms with van der Waals surface area (Å²) >= 11 is 3.31. The zero-order valence-corrected chi connectivity index (χ0v) is 12.6. The van der Waals surface area contributed by atoms with Crippen molar-refractivity contribution < 1.29 is 24.2 Å². The number of esters is 1. The third kappa shape index (κ3) is 2.78. The molecule has 0 aliphatic carbocycles. The second kappa shape index (κ2) is 5.41. The molecule has 1 aliphatic heterocycles. The van der Waals surface area contributed by atoms with E-state index in [2.05, 4.69) is 20.7 Å². The van der Waals surface area contributed by atoms with Crippen molar-refractivity contribution >= 4 is 33.5 Å². The lowest BCUT2D eigenvalue weighted by atomic mass is 10.1. The van der Waals surface area contributed by atoms with E-state index < -0.39 is 11.6 Å². The number of halogens is 1.